The zero-order valence-electron chi connectivity index (χ0n) is 10.4. The van der Waals surface area contributed by atoms with Crippen molar-refractivity contribution in [3.8, 4) is 0 Å². The van der Waals surface area contributed by atoms with Crippen molar-refractivity contribution in [1.29, 1.82) is 0 Å². The summed E-state index contributed by atoms with van der Waals surface area (Å²) >= 11 is 0. The van der Waals surface area contributed by atoms with Gasteiger partial charge in [-0.25, -0.2) is 0 Å². The molecule has 0 aromatic carbocycles. The Hall–Kier alpha value is -2.44. The highest BCUT2D eigenvalue weighted by Crippen LogP contribution is 2.07. The third-order valence-electron chi connectivity index (χ3n) is 2.01. The number of carbonyl (C=O) groups is 4. The minimum Gasteiger partial charge on any atom is -0.461 e. The summed E-state index contributed by atoms with van der Waals surface area (Å²) in [4.78, 5) is 45.1. The van der Waals surface area contributed by atoms with Crippen molar-refractivity contribution in [1.82, 2.24) is 0 Å². The van der Waals surface area contributed by atoms with Gasteiger partial charge >= 0.3 is 11.9 Å². The predicted octanol–water partition coefficient (Wildman–Crippen LogP) is 0.526. The fourth-order valence-corrected chi connectivity index (χ4v) is 1.23. The van der Waals surface area contributed by atoms with Gasteiger partial charge in [0, 0.05) is 13.8 Å². The Morgan fingerprint density at radius 2 is 1.89 bits per heavy atom. The highest BCUT2D eigenvalue weighted by Gasteiger charge is 2.31. The molecule has 0 aliphatic heterocycles. The Balaban J connectivity index is 2.78. The molecule has 1 rings (SSSR count). The summed E-state index contributed by atoms with van der Waals surface area (Å²) in [6, 6.07) is 2.74. The van der Waals surface area contributed by atoms with Crippen LogP contribution in [0.15, 0.2) is 22.8 Å². The van der Waals surface area contributed by atoms with E-state index in [1.165, 1.54) is 18.4 Å². The lowest BCUT2D eigenvalue weighted by Gasteiger charge is -2.14. The van der Waals surface area contributed by atoms with Crippen molar-refractivity contribution in [3.05, 3.63) is 24.2 Å². The second-order valence-electron chi connectivity index (χ2n) is 3.57. The molecule has 1 aromatic heterocycles. The van der Waals surface area contributed by atoms with Crippen molar-refractivity contribution in [3.63, 3.8) is 0 Å². The second kappa shape index (κ2) is 6.48. The van der Waals surface area contributed by atoms with Gasteiger partial charge in [-0.1, -0.05) is 0 Å². The summed E-state index contributed by atoms with van der Waals surface area (Å²) in [7, 11) is 0. The van der Waals surface area contributed by atoms with E-state index in [1.807, 2.05) is 0 Å². The Kier molecular flexibility index (Phi) is 4.99. The highest BCUT2D eigenvalue weighted by atomic mass is 16.6. The molecule has 102 valence electrons. The fraction of sp³-hybridized carbons (Fsp3) is 0.333. The van der Waals surface area contributed by atoms with E-state index in [0.717, 1.165) is 13.8 Å². The molecule has 0 spiro atoms. The monoisotopic (exact) mass is 268 g/mol. The summed E-state index contributed by atoms with van der Waals surface area (Å²) < 4.78 is 14.0. The minimum absolute atomic E-state index is 0.176. The SMILES string of the molecule is CC(=O)OCC(OC(C)=O)C(=O)C(=O)c1ccco1. The van der Waals surface area contributed by atoms with Crippen molar-refractivity contribution in [2.24, 2.45) is 0 Å². The highest BCUT2D eigenvalue weighted by molar-refractivity contribution is 6.44. The quantitative estimate of drug-likeness (QED) is 0.421. The van der Waals surface area contributed by atoms with E-state index < -0.39 is 36.2 Å². The molecule has 0 aliphatic rings. The molecular weight excluding hydrogens is 256 g/mol. The first kappa shape index (κ1) is 14.6. The maximum absolute atomic E-state index is 11.8. The van der Waals surface area contributed by atoms with Gasteiger partial charge in [0.25, 0.3) is 11.6 Å². The van der Waals surface area contributed by atoms with Crippen LogP contribution >= 0.6 is 0 Å². The maximum Gasteiger partial charge on any atom is 0.303 e. The van der Waals surface area contributed by atoms with Gasteiger partial charge in [-0.15, -0.1) is 0 Å². The molecule has 0 aliphatic carbocycles. The van der Waals surface area contributed by atoms with Gasteiger partial charge in [-0.2, -0.15) is 0 Å². The number of Topliss-reactive ketones (excluding diaryl/α,β-unsaturated/α-hetero) is 2. The van der Waals surface area contributed by atoms with E-state index >= 15 is 0 Å². The van der Waals surface area contributed by atoms with Gasteiger partial charge < -0.3 is 13.9 Å². The Morgan fingerprint density at radius 3 is 2.37 bits per heavy atom. The lowest BCUT2D eigenvalue weighted by Crippen LogP contribution is -2.36. The lowest BCUT2D eigenvalue weighted by molar-refractivity contribution is -0.159. The summed E-state index contributed by atoms with van der Waals surface area (Å²) in [5.41, 5.74) is 0. The van der Waals surface area contributed by atoms with E-state index in [2.05, 4.69) is 9.47 Å². The molecule has 0 fully saturated rings. The molecule has 19 heavy (non-hydrogen) atoms. The van der Waals surface area contributed by atoms with Crippen LogP contribution in [-0.4, -0.2) is 36.2 Å². The smallest absolute Gasteiger partial charge is 0.303 e. The average molecular weight is 268 g/mol. The number of hydrogen-bond donors (Lipinski definition) is 0. The van der Waals surface area contributed by atoms with E-state index in [-0.39, 0.29) is 5.76 Å². The topological polar surface area (TPSA) is 99.9 Å². The van der Waals surface area contributed by atoms with Crippen LogP contribution in [0.1, 0.15) is 24.4 Å². The maximum atomic E-state index is 11.8. The Labute approximate surface area is 108 Å². The van der Waals surface area contributed by atoms with E-state index in [9.17, 15) is 19.2 Å². The zero-order chi connectivity index (χ0) is 14.4. The average Bonchev–Trinajstić information content (AvgIpc) is 2.85. The van der Waals surface area contributed by atoms with Gasteiger partial charge in [0.1, 0.15) is 6.61 Å². The summed E-state index contributed by atoms with van der Waals surface area (Å²) in [6.45, 7) is 1.69. The number of furan rings is 1. The van der Waals surface area contributed by atoms with Crippen LogP contribution < -0.4 is 0 Å². The van der Waals surface area contributed by atoms with Gasteiger partial charge in [0.2, 0.25) is 6.10 Å². The third-order valence-corrected chi connectivity index (χ3v) is 2.01. The predicted molar refractivity (Wildman–Crippen MR) is 60.2 cm³/mol. The van der Waals surface area contributed by atoms with Gasteiger partial charge in [-0.3, -0.25) is 19.2 Å². The molecule has 0 N–H and O–H groups in total. The molecule has 0 amide bonds. The van der Waals surface area contributed by atoms with Crippen LogP contribution in [0, 0.1) is 0 Å². The minimum atomic E-state index is -1.47. The standard InChI is InChI=1S/C12H12O7/c1-7(13)18-6-10(19-8(2)14)12(16)11(15)9-4-3-5-17-9/h3-5,10H,6H2,1-2H3. The number of hydrogen-bond acceptors (Lipinski definition) is 7. The Morgan fingerprint density at radius 1 is 1.21 bits per heavy atom. The number of ether oxygens (including phenoxy) is 2. The van der Waals surface area contributed by atoms with Gasteiger partial charge in [0.05, 0.1) is 6.26 Å². The van der Waals surface area contributed by atoms with Gasteiger partial charge in [0.15, 0.2) is 5.76 Å². The van der Waals surface area contributed by atoms with Crippen LogP contribution in [0.5, 0.6) is 0 Å². The largest absolute Gasteiger partial charge is 0.461 e. The summed E-state index contributed by atoms with van der Waals surface area (Å²) in [5.74, 6) is -3.58. The first-order valence-corrected chi connectivity index (χ1v) is 5.34. The molecule has 1 unspecified atom stereocenters. The van der Waals surface area contributed by atoms with E-state index in [4.69, 9.17) is 4.42 Å². The van der Waals surface area contributed by atoms with Crippen LogP contribution in [0.4, 0.5) is 0 Å². The molecular formula is C12H12O7. The zero-order valence-corrected chi connectivity index (χ0v) is 10.4. The summed E-state index contributed by atoms with van der Waals surface area (Å²) in [5, 5.41) is 0. The lowest BCUT2D eigenvalue weighted by atomic mass is 10.1. The van der Waals surface area contributed by atoms with Crippen LogP contribution in [0.2, 0.25) is 0 Å². The summed E-state index contributed by atoms with van der Waals surface area (Å²) in [6.07, 6.45) is -0.244. The second-order valence-corrected chi connectivity index (χ2v) is 3.57. The molecule has 0 saturated heterocycles. The van der Waals surface area contributed by atoms with Crippen molar-refractivity contribution in [2.75, 3.05) is 6.61 Å². The normalized spacial score (nSPS) is 11.5. The first-order valence-electron chi connectivity index (χ1n) is 5.34. The van der Waals surface area contributed by atoms with Crippen molar-refractivity contribution < 1.29 is 33.1 Å². The van der Waals surface area contributed by atoms with Crippen LogP contribution in [0.25, 0.3) is 0 Å². The number of ketones is 2. The van der Waals surface area contributed by atoms with Gasteiger partial charge in [-0.05, 0) is 12.1 Å². The Bertz CT molecular complexity index is 486. The molecule has 0 saturated carbocycles. The van der Waals surface area contributed by atoms with Crippen LogP contribution in [-0.2, 0) is 23.9 Å². The number of carbonyl (C=O) groups excluding carboxylic acids is 4. The van der Waals surface area contributed by atoms with Crippen molar-refractivity contribution in [2.45, 2.75) is 20.0 Å². The fourth-order valence-electron chi connectivity index (χ4n) is 1.23. The third kappa shape index (κ3) is 4.38. The first-order chi connectivity index (χ1) is 8.91. The number of rotatable bonds is 6. The number of esters is 2. The van der Waals surface area contributed by atoms with E-state index in [0.29, 0.717) is 0 Å². The van der Waals surface area contributed by atoms with Crippen LogP contribution in [0.3, 0.4) is 0 Å². The molecule has 0 radical (unpaired) electrons. The molecule has 7 nitrogen and oxygen atoms in total. The van der Waals surface area contributed by atoms with Crippen molar-refractivity contribution >= 4 is 23.5 Å². The molecule has 1 atom stereocenters. The molecule has 1 aromatic rings. The molecule has 7 heteroatoms. The van der Waals surface area contributed by atoms with E-state index in [1.54, 1.807) is 0 Å². The molecule has 1 heterocycles. The molecule has 0 bridgehead atoms.